The van der Waals surface area contributed by atoms with Gasteiger partial charge in [0.15, 0.2) is 0 Å². The number of hydrogen-bond donors (Lipinski definition) is 0. The molecule has 7 rings (SSSR count). The van der Waals surface area contributed by atoms with Crippen LogP contribution >= 0.6 is 0 Å². The molecule has 0 fully saturated rings. The zero-order valence-electron chi connectivity index (χ0n) is 19.2. The summed E-state index contributed by atoms with van der Waals surface area (Å²) in [6, 6.07) is 41.6. The Morgan fingerprint density at radius 3 is 1.53 bits per heavy atom. The molecule has 0 spiro atoms. The van der Waals surface area contributed by atoms with Crippen LogP contribution in [0.1, 0.15) is 11.1 Å². The van der Waals surface area contributed by atoms with Crippen LogP contribution in [0.2, 0.25) is 0 Å². The molecular weight excluding hydrogens is 440 g/mol. The van der Waals surface area contributed by atoms with Crippen LogP contribution in [-0.2, 0) is 0 Å². The van der Waals surface area contributed by atoms with Crippen LogP contribution in [0.15, 0.2) is 109 Å². The van der Waals surface area contributed by atoms with Gasteiger partial charge < -0.3 is 9.13 Å². The van der Waals surface area contributed by atoms with E-state index < -0.39 is 0 Å². The van der Waals surface area contributed by atoms with Crippen molar-refractivity contribution in [3.63, 3.8) is 0 Å². The lowest BCUT2D eigenvalue weighted by molar-refractivity contribution is 1.17. The van der Waals surface area contributed by atoms with Crippen molar-refractivity contribution in [1.82, 2.24) is 9.13 Å². The average molecular weight is 459 g/mol. The normalized spacial score (nSPS) is 11.3. The van der Waals surface area contributed by atoms with Crippen LogP contribution in [0.3, 0.4) is 0 Å². The molecule has 2 aromatic heterocycles. The maximum atomic E-state index is 9.66. The van der Waals surface area contributed by atoms with Gasteiger partial charge in [-0.25, -0.2) is 0 Å². The van der Waals surface area contributed by atoms with Crippen LogP contribution in [0.4, 0.5) is 0 Å². The molecule has 0 aliphatic heterocycles. The third kappa shape index (κ3) is 2.73. The molecule has 36 heavy (non-hydrogen) atoms. The number of nitriles is 2. The molecule has 0 bridgehead atoms. The van der Waals surface area contributed by atoms with Gasteiger partial charge in [-0.2, -0.15) is 10.5 Å². The van der Waals surface area contributed by atoms with Crippen LogP contribution in [0.25, 0.3) is 55.0 Å². The van der Waals surface area contributed by atoms with Crippen molar-refractivity contribution >= 4 is 43.6 Å². The van der Waals surface area contributed by atoms with E-state index in [0.717, 1.165) is 44.2 Å². The number of aromatic nitrogens is 2. The van der Waals surface area contributed by atoms with E-state index >= 15 is 0 Å². The molecular formula is C32H18N4. The highest BCUT2D eigenvalue weighted by Crippen LogP contribution is 2.39. The zero-order chi connectivity index (χ0) is 24.2. The smallest absolute Gasteiger partial charge is 0.101 e. The summed E-state index contributed by atoms with van der Waals surface area (Å²) in [7, 11) is 0. The van der Waals surface area contributed by atoms with E-state index in [1.807, 2.05) is 24.3 Å². The summed E-state index contributed by atoms with van der Waals surface area (Å²) in [6.45, 7) is 0. The van der Waals surface area contributed by atoms with E-state index in [2.05, 4.69) is 100 Å². The molecule has 7 aromatic rings. The van der Waals surface area contributed by atoms with Crippen molar-refractivity contribution in [3.05, 3.63) is 120 Å². The van der Waals surface area contributed by atoms with Gasteiger partial charge in [0.25, 0.3) is 0 Å². The monoisotopic (exact) mass is 458 g/mol. The second-order valence-electron chi connectivity index (χ2n) is 8.88. The summed E-state index contributed by atoms with van der Waals surface area (Å²) >= 11 is 0. The van der Waals surface area contributed by atoms with Crippen molar-refractivity contribution < 1.29 is 0 Å². The largest absolute Gasteiger partial charge is 0.309 e. The maximum Gasteiger partial charge on any atom is 0.101 e. The molecule has 0 aliphatic carbocycles. The van der Waals surface area contributed by atoms with E-state index in [0.29, 0.717) is 11.1 Å². The molecule has 166 valence electrons. The second kappa shape index (κ2) is 7.60. The number of fused-ring (bicyclic) bond motifs is 6. The third-order valence-corrected chi connectivity index (χ3v) is 6.98. The summed E-state index contributed by atoms with van der Waals surface area (Å²) < 4.78 is 4.52. The van der Waals surface area contributed by atoms with Gasteiger partial charge in [0.05, 0.1) is 33.2 Å². The second-order valence-corrected chi connectivity index (χ2v) is 8.88. The SMILES string of the molecule is N#Cc1ccc(-n2c3ccccc3c3cc4c(cc32)c2ccccc2n4-c2ccccc2)cc1C#N. The lowest BCUT2D eigenvalue weighted by Gasteiger charge is -2.10. The number of para-hydroxylation sites is 3. The molecule has 2 heterocycles. The Hall–Kier alpha value is -5.32. The standard InChI is InChI=1S/C32H18N4/c33-19-21-14-15-24(16-22(21)20-34)36-30-13-7-5-11-26(30)28-17-31-27(18-32(28)36)25-10-4-6-12-29(25)35(31)23-8-2-1-3-9-23/h1-18H. The van der Waals surface area contributed by atoms with Crippen molar-refractivity contribution in [3.8, 4) is 23.5 Å². The molecule has 0 N–H and O–H groups in total. The molecule has 0 atom stereocenters. The molecule has 0 saturated heterocycles. The van der Waals surface area contributed by atoms with Gasteiger partial charge in [-0.1, -0.05) is 54.6 Å². The van der Waals surface area contributed by atoms with Gasteiger partial charge in [-0.05, 0) is 54.6 Å². The number of benzene rings is 5. The van der Waals surface area contributed by atoms with Gasteiger partial charge in [0.2, 0.25) is 0 Å². The highest BCUT2D eigenvalue weighted by Gasteiger charge is 2.18. The first kappa shape index (κ1) is 20.1. The Morgan fingerprint density at radius 2 is 0.944 bits per heavy atom. The van der Waals surface area contributed by atoms with E-state index in [1.54, 1.807) is 6.07 Å². The Morgan fingerprint density at radius 1 is 0.417 bits per heavy atom. The predicted octanol–water partition coefficient (Wildman–Crippen LogP) is 7.62. The first-order chi connectivity index (χ1) is 17.8. The summed E-state index contributed by atoms with van der Waals surface area (Å²) in [5.41, 5.74) is 7.18. The summed E-state index contributed by atoms with van der Waals surface area (Å²) in [5, 5.41) is 23.7. The minimum Gasteiger partial charge on any atom is -0.309 e. The van der Waals surface area contributed by atoms with E-state index in [-0.39, 0.29) is 0 Å². The fourth-order valence-electron chi connectivity index (χ4n) is 5.43. The van der Waals surface area contributed by atoms with Crippen molar-refractivity contribution in [2.75, 3.05) is 0 Å². The van der Waals surface area contributed by atoms with E-state index in [4.69, 9.17) is 0 Å². The van der Waals surface area contributed by atoms with Gasteiger partial charge >= 0.3 is 0 Å². The Balaban J connectivity index is 1.66. The van der Waals surface area contributed by atoms with Crippen LogP contribution in [0, 0.1) is 22.7 Å². The average Bonchev–Trinajstić information content (AvgIpc) is 3.44. The first-order valence-electron chi connectivity index (χ1n) is 11.7. The minimum absolute atomic E-state index is 0.377. The van der Waals surface area contributed by atoms with Crippen molar-refractivity contribution in [2.45, 2.75) is 0 Å². The van der Waals surface area contributed by atoms with Gasteiger partial charge in [0, 0.05) is 32.9 Å². The fraction of sp³-hybridized carbons (Fsp3) is 0. The summed E-state index contributed by atoms with van der Waals surface area (Å²) in [4.78, 5) is 0. The lowest BCUT2D eigenvalue weighted by Crippen LogP contribution is -1.96. The molecule has 5 aromatic carbocycles. The lowest BCUT2D eigenvalue weighted by atomic mass is 10.1. The quantitative estimate of drug-likeness (QED) is 0.267. The maximum absolute atomic E-state index is 9.66. The first-order valence-corrected chi connectivity index (χ1v) is 11.7. The van der Waals surface area contributed by atoms with Gasteiger partial charge in [0.1, 0.15) is 12.1 Å². The highest BCUT2D eigenvalue weighted by molar-refractivity contribution is 6.19. The fourth-order valence-corrected chi connectivity index (χ4v) is 5.43. The Labute approximate surface area is 207 Å². The third-order valence-electron chi connectivity index (χ3n) is 6.98. The van der Waals surface area contributed by atoms with Crippen LogP contribution < -0.4 is 0 Å². The molecule has 4 heteroatoms. The summed E-state index contributed by atoms with van der Waals surface area (Å²) in [5.74, 6) is 0. The van der Waals surface area contributed by atoms with Crippen LogP contribution in [-0.4, -0.2) is 9.13 Å². The number of nitrogens with zero attached hydrogens (tertiary/aromatic N) is 4. The predicted molar refractivity (Wildman–Crippen MR) is 145 cm³/mol. The van der Waals surface area contributed by atoms with E-state index in [9.17, 15) is 10.5 Å². The van der Waals surface area contributed by atoms with Crippen molar-refractivity contribution in [1.29, 1.82) is 10.5 Å². The Kier molecular flexibility index (Phi) is 4.24. The zero-order valence-corrected chi connectivity index (χ0v) is 19.2. The molecule has 0 aliphatic rings. The van der Waals surface area contributed by atoms with E-state index in [1.165, 1.54) is 10.8 Å². The van der Waals surface area contributed by atoms with Crippen molar-refractivity contribution in [2.24, 2.45) is 0 Å². The van der Waals surface area contributed by atoms with Crippen LogP contribution in [0.5, 0.6) is 0 Å². The molecule has 0 amide bonds. The molecule has 0 radical (unpaired) electrons. The molecule has 4 nitrogen and oxygen atoms in total. The minimum atomic E-state index is 0.377. The number of hydrogen-bond acceptors (Lipinski definition) is 2. The van der Waals surface area contributed by atoms with Gasteiger partial charge in [-0.15, -0.1) is 0 Å². The number of rotatable bonds is 2. The molecule has 0 saturated carbocycles. The highest BCUT2D eigenvalue weighted by atomic mass is 15.0. The topological polar surface area (TPSA) is 57.4 Å². The molecule has 0 unspecified atom stereocenters. The Bertz CT molecular complexity index is 2060. The van der Waals surface area contributed by atoms with Gasteiger partial charge in [-0.3, -0.25) is 0 Å². The summed E-state index contributed by atoms with van der Waals surface area (Å²) in [6.07, 6.45) is 0.